The first-order chi connectivity index (χ1) is 7.70. The number of aromatic nitrogens is 2. The molecule has 0 amide bonds. The number of hydrogen-bond acceptors (Lipinski definition) is 3. The zero-order valence-electron chi connectivity index (χ0n) is 9.04. The Labute approximate surface area is 91.6 Å². The van der Waals surface area contributed by atoms with Crippen LogP contribution in [0.3, 0.4) is 0 Å². The predicted octanol–water partition coefficient (Wildman–Crippen LogP) is 0.730. The highest BCUT2D eigenvalue weighted by atomic mass is 16.2. The van der Waals surface area contributed by atoms with Crippen LogP contribution in [0.1, 0.15) is 13.3 Å². The molecule has 0 saturated carbocycles. The maximum absolute atomic E-state index is 11.7. The molecule has 0 aliphatic rings. The Morgan fingerprint density at radius 1 is 1.50 bits per heavy atom. The lowest BCUT2D eigenvalue weighted by Crippen LogP contribution is -2.38. The van der Waals surface area contributed by atoms with Crippen LogP contribution in [0.4, 0.5) is 0 Å². The topological polar surface area (TPSA) is 92.8 Å². The van der Waals surface area contributed by atoms with E-state index in [2.05, 4.69) is 10.0 Å². The van der Waals surface area contributed by atoms with Crippen molar-refractivity contribution in [3.05, 3.63) is 43.5 Å². The van der Waals surface area contributed by atoms with Crippen LogP contribution < -0.4 is 11.2 Å². The van der Waals surface area contributed by atoms with Crippen LogP contribution in [0.2, 0.25) is 0 Å². The minimum atomic E-state index is -0.323. The summed E-state index contributed by atoms with van der Waals surface area (Å²) in [5.41, 5.74) is 7.43. The normalized spacial score (nSPS) is 9.81. The van der Waals surface area contributed by atoms with E-state index in [1.54, 1.807) is 0 Å². The molecule has 0 atom stereocenters. The van der Waals surface area contributed by atoms with E-state index in [4.69, 9.17) is 5.53 Å². The van der Waals surface area contributed by atoms with Gasteiger partial charge in [-0.1, -0.05) is 5.11 Å². The van der Waals surface area contributed by atoms with Gasteiger partial charge < -0.3 is 4.57 Å². The molecule has 1 aromatic rings. The number of hydrogen-bond donors (Lipinski definition) is 0. The summed E-state index contributed by atoms with van der Waals surface area (Å²) in [7, 11) is 0. The van der Waals surface area contributed by atoms with Crippen LogP contribution in [0.25, 0.3) is 10.4 Å². The zero-order valence-corrected chi connectivity index (χ0v) is 9.04. The Morgan fingerprint density at radius 3 is 2.88 bits per heavy atom. The second-order valence-corrected chi connectivity index (χ2v) is 3.18. The second-order valence-electron chi connectivity index (χ2n) is 3.18. The molecule has 1 rings (SSSR count). The molecule has 0 spiro atoms. The van der Waals surface area contributed by atoms with E-state index in [1.165, 1.54) is 16.8 Å². The highest BCUT2D eigenvalue weighted by Gasteiger charge is 2.02. The van der Waals surface area contributed by atoms with Gasteiger partial charge in [-0.3, -0.25) is 9.36 Å². The highest BCUT2D eigenvalue weighted by Crippen LogP contribution is 1.86. The van der Waals surface area contributed by atoms with Gasteiger partial charge in [0.05, 0.1) is 0 Å². The molecule has 7 heteroatoms. The third-order valence-corrected chi connectivity index (χ3v) is 2.18. The van der Waals surface area contributed by atoms with E-state index in [1.807, 2.05) is 6.92 Å². The quantitative estimate of drug-likeness (QED) is 0.318. The van der Waals surface area contributed by atoms with Crippen molar-refractivity contribution in [1.82, 2.24) is 9.13 Å². The highest BCUT2D eigenvalue weighted by molar-refractivity contribution is 4.86. The van der Waals surface area contributed by atoms with Crippen LogP contribution in [0, 0.1) is 0 Å². The van der Waals surface area contributed by atoms with Crippen LogP contribution in [-0.4, -0.2) is 15.7 Å². The summed E-state index contributed by atoms with van der Waals surface area (Å²) in [6.45, 7) is 2.91. The summed E-state index contributed by atoms with van der Waals surface area (Å²) in [5.74, 6) is 0. The fraction of sp³-hybridized carbons (Fsp3) is 0.556. The smallest absolute Gasteiger partial charge is 0.301 e. The summed E-state index contributed by atoms with van der Waals surface area (Å²) < 4.78 is 2.60. The average molecular weight is 223 g/mol. The lowest BCUT2D eigenvalue weighted by Gasteiger charge is -2.06. The molecule has 0 aliphatic carbocycles. The molecule has 86 valence electrons. The third kappa shape index (κ3) is 2.74. The lowest BCUT2D eigenvalue weighted by atomic mass is 10.4. The number of rotatable bonds is 5. The van der Waals surface area contributed by atoms with Crippen molar-refractivity contribution in [2.45, 2.75) is 26.4 Å². The molecule has 0 saturated heterocycles. The molecule has 0 fully saturated rings. The molecular formula is C9H13N5O2. The van der Waals surface area contributed by atoms with Gasteiger partial charge in [-0.15, -0.1) is 0 Å². The maximum Gasteiger partial charge on any atom is 0.330 e. The molecule has 0 N–H and O–H groups in total. The maximum atomic E-state index is 11.7. The van der Waals surface area contributed by atoms with Crippen LogP contribution >= 0.6 is 0 Å². The SMILES string of the molecule is CCn1ccc(=O)n(CCCN=[N+]=[N-])c1=O. The van der Waals surface area contributed by atoms with E-state index in [0.717, 1.165) is 4.57 Å². The van der Waals surface area contributed by atoms with Crippen LogP contribution in [0.5, 0.6) is 0 Å². The Hall–Kier alpha value is -2.01. The predicted molar refractivity (Wildman–Crippen MR) is 59.3 cm³/mol. The van der Waals surface area contributed by atoms with Gasteiger partial charge in [0.25, 0.3) is 5.56 Å². The Bertz CT molecular complexity index is 509. The Kier molecular flexibility index (Phi) is 4.35. The fourth-order valence-corrected chi connectivity index (χ4v) is 1.35. The standard InChI is InChI=1S/C9H13N5O2/c1-2-13-7-4-8(15)14(9(13)16)6-3-5-11-12-10/h4,7H,2-3,5-6H2,1H3. The first-order valence-corrected chi connectivity index (χ1v) is 5.02. The van der Waals surface area contributed by atoms with Crippen molar-refractivity contribution < 1.29 is 0 Å². The van der Waals surface area contributed by atoms with Gasteiger partial charge in [0.1, 0.15) is 0 Å². The van der Waals surface area contributed by atoms with Gasteiger partial charge in [-0.05, 0) is 18.9 Å². The van der Waals surface area contributed by atoms with Crippen LogP contribution in [0.15, 0.2) is 27.0 Å². The minimum absolute atomic E-state index is 0.275. The minimum Gasteiger partial charge on any atom is -0.301 e. The first kappa shape index (κ1) is 12.1. The summed E-state index contributed by atoms with van der Waals surface area (Å²) >= 11 is 0. The van der Waals surface area contributed by atoms with Gasteiger partial charge >= 0.3 is 5.69 Å². The van der Waals surface area contributed by atoms with Gasteiger partial charge in [-0.2, -0.15) is 0 Å². The third-order valence-electron chi connectivity index (χ3n) is 2.18. The van der Waals surface area contributed by atoms with Gasteiger partial charge in [0.15, 0.2) is 0 Å². The van der Waals surface area contributed by atoms with E-state index in [0.29, 0.717) is 13.0 Å². The lowest BCUT2D eigenvalue weighted by molar-refractivity contribution is 0.548. The molecule has 0 aliphatic heterocycles. The average Bonchev–Trinajstić information content (AvgIpc) is 2.28. The summed E-state index contributed by atoms with van der Waals surface area (Å²) in [5, 5.41) is 3.35. The number of azide groups is 1. The van der Waals surface area contributed by atoms with Crippen molar-refractivity contribution >= 4 is 0 Å². The van der Waals surface area contributed by atoms with Crippen molar-refractivity contribution in [3.63, 3.8) is 0 Å². The molecule has 1 aromatic heterocycles. The fourth-order valence-electron chi connectivity index (χ4n) is 1.35. The van der Waals surface area contributed by atoms with E-state index in [-0.39, 0.29) is 24.3 Å². The van der Waals surface area contributed by atoms with Crippen molar-refractivity contribution in [1.29, 1.82) is 0 Å². The van der Waals surface area contributed by atoms with Crippen molar-refractivity contribution in [2.24, 2.45) is 5.11 Å². The molecule has 1 heterocycles. The zero-order chi connectivity index (χ0) is 12.0. The summed E-state index contributed by atoms with van der Waals surface area (Å²) in [6, 6.07) is 1.36. The van der Waals surface area contributed by atoms with Crippen molar-refractivity contribution in [2.75, 3.05) is 6.54 Å². The van der Waals surface area contributed by atoms with E-state index < -0.39 is 0 Å². The van der Waals surface area contributed by atoms with Gasteiger partial charge in [0.2, 0.25) is 0 Å². The van der Waals surface area contributed by atoms with Gasteiger partial charge in [-0.25, -0.2) is 4.79 Å². The molecule has 0 aromatic carbocycles. The number of aryl methyl sites for hydroxylation is 1. The number of nitrogens with zero attached hydrogens (tertiary/aromatic N) is 5. The van der Waals surface area contributed by atoms with Gasteiger partial charge in [0, 0.05) is 36.8 Å². The molecule has 16 heavy (non-hydrogen) atoms. The monoisotopic (exact) mass is 223 g/mol. The second kappa shape index (κ2) is 5.77. The van der Waals surface area contributed by atoms with E-state index in [9.17, 15) is 9.59 Å². The largest absolute Gasteiger partial charge is 0.330 e. The molecule has 0 radical (unpaired) electrons. The first-order valence-electron chi connectivity index (χ1n) is 5.02. The molecule has 0 unspecified atom stereocenters. The van der Waals surface area contributed by atoms with Crippen molar-refractivity contribution in [3.8, 4) is 0 Å². The summed E-state index contributed by atoms with van der Waals surface area (Å²) in [4.78, 5) is 25.7. The summed E-state index contributed by atoms with van der Waals surface area (Å²) in [6.07, 6.45) is 1.96. The van der Waals surface area contributed by atoms with Crippen LogP contribution in [-0.2, 0) is 13.1 Å². The Balaban J connectivity index is 2.90. The molecule has 0 bridgehead atoms. The Morgan fingerprint density at radius 2 is 2.25 bits per heavy atom. The van der Waals surface area contributed by atoms with E-state index >= 15 is 0 Å². The molecule has 7 nitrogen and oxygen atoms in total. The molecular weight excluding hydrogens is 210 g/mol.